The number of rotatable bonds is 7. The van der Waals surface area contributed by atoms with Gasteiger partial charge in [-0.3, -0.25) is 9.78 Å². The molecule has 2 aromatic heterocycles. The lowest BCUT2D eigenvalue weighted by Gasteiger charge is -2.17. The third kappa shape index (κ3) is 5.09. The van der Waals surface area contributed by atoms with Crippen molar-refractivity contribution < 1.29 is 14.7 Å². The molecule has 6 heteroatoms. The van der Waals surface area contributed by atoms with E-state index in [9.17, 15) is 14.7 Å². The normalized spacial score (nSPS) is 11.9. The van der Waals surface area contributed by atoms with Crippen molar-refractivity contribution in [2.75, 3.05) is 0 Å². The minimum absolute atomic E-state index is 0.167. The molecule has 6 rings (SSSR count). The van der Waals surface area contributed by atoms with E-state index in [4.69, 9.17) is 0 Å². The van der Waals surface area contributed by atoms with Gasteiger partial charge in [0.05, 0.1) is 11.6 Å². The highest BCUT2D eigenvalue weighted by Gasteiger charge is 2.20. The molecule has 5 nitrogen and oxygen atoms in total. The zero-order valence-electron chi connectivity index (χ0n) is 21.8. The summed E-state index contributed by atoms with van der Waals surface area (Å²) in [5.41, 5.74) is 5.98. The number of thiophene rings is 1. The first-order valence-electron chi connectivity index (χ1n) is 13.0. The molecule has 40 heavy (non-hydrogen) atoms. The van der Waals surface area contributed by atoms with E-state index in [1.54, 1.807) is 41.8 Å². The molecule has 0 fully saturated rings. The van der Waals surface area contributed by atoms with Gasteiger partial charge in [0.15, 0.2) is 0 Å². The highest BCUT2D eigenvalue weighted by atomic mass is 32.1. The summed E-state index contributed by atoms with van der Waals surface area (Å²) < 4.78 is 1.06. The number of amides is 1. The third-order valence-electron chi connectivity index (χ3n) is 7.21. The summed E-state index contributed by atoms with van der Waals surface area (Å²) >= 11 is 1.65. The van der Waals surface area contributed by atoms with Crippen molar-refractivity contribution in [3.8, 4) is 11.1 Å². The summed E-state index contributed by atoms with van der Waals surface area (Å²) in [7, 11) is 0. The van der Waals surface area contributed by atoms with Crippen LogP contribution in [0.15, 0.2) is 109 Å². The predicted octanol–water partition coefficient (Wildman–Crippen LogP) is 7.90. The fourth-order valence-corrected chi connectivity index (χ4v) is 6.10. The number of hydrogen-bond acceptors (Lipinski definition) is 4. The Hall–Kier alpha value is -4.81. The van der Waals surface area contributed by atoms with E-state index in [2.05, 4.69) is 39.9 Å². The van der Waals surface area contributed by atoms with E-state index >= 15 is 0 Å². The first-order valence-corrected chi connectivity index (χ1v) is 13.9. The number of fused-ring (bicyclic) bond motifs is 2. The van der Waals surface area contributed by atoms with Crippen LogP contribution in [-0.4, -0.2) is 22.0 Å². The Balaban J connectivity index is 1.39. The molecule has 196 valence electrons. The molecule has 0 saturated heterocycles. The lowest BCUT2D eigenvalue weighted by molar-refractivity contribution is 0.0696. The van der Waals surface area contributed by atoms with Crippen LogP contribution in [0.3, 0.4) is 0 Å². The molecule has 1 amide bonds. The maximum absolute atomic E-state index is 13.9. The van der Waals surface area contributed by atoms with Crippen LogP contribution in [-0.2, 0) is 6.42 Å². The minimum Gasteiger partial charge on any atom is -0.478 e. The number of nitrogens with zero attached hydrogens (tertiary/aromatic N) is 1. The zero-order valence-corrected chi connectivity index (χ0v) is 22.6. The van der Waals surface area contributed by atoms with Crippen LogP contribution in [0.4, 0.5) is 0 Å². The molecular formula is C34H26N2O3S. The van der Waals surface area contributed by atoms with Crippen molar-refractivity contribution in [2.24, 2.45) is 0 Å². The second-order valence-corrected chi connectivity index (χ2v) is 10.8. The van der Waals surface area contributed by atoms with Gasteiger partial charge in [-0.1, -0.05) is 54.6 Å². The van der Waals surface area contributed by atoms with Gasteiger partial charge in [0.2, 0.25) is 0 Å². The Labute approximate surface area is 235 Å². The molecule has 0 aliphatic rings. The number of aromatic nitrogens is 1. The number of hydrogen-bond donors (Lipinski definition) is 2. The molecule has 0 bridgehead atoms. The van der Waals surface area contributed by atoms with Gasteiger partial charge in [0, 0.05) is 33.4 Å². The van der Waals surface area contributed by atoms with E-state index in [-0.39, 0.29) is 17.5 Å². The standard InChI is InChI=1S/C34H26N2O3S/c1-21(23-9-11-26(12-10-23)34(38)39)36-33(37)30-17-27(24-5-3-2-4-6-24)18-31-32(30)29(20-40-31)16-22-7-8-25-13-14-35-19-28(25)15-22/h2-15,17-21H,16H2,1H3,(H,36,37)(H,38,39)/t21-/m0/s1. The van der Waals surface area contributed by atoms with E-state index < -0.39 is 5.97 Å². The molecule has 0 saturated carbocycles. The quantitative estimate of drug-likeness (QED) is 0.215. The van der Waals surface area contributed by atoms with Crippen molar-refractivity contribution in [1.29, 1.82) is 0 Å². The molecule has 6 aromatic rings. The van der Waals surface area contributed by atoms with Gasteiger partial charge in [0.1, 0.15) is 0 Å². The van der Waals surface area contributed by atoms with Crippen molar-refractivity contribution in [3.05, 3.63) is 137 Å². The van der Waals surface area contributed by atoms with Gasteiger partial charge in [-0.2, -0.15) is 0 Å². The molecule has 0 aliphatic heterocycles. The zero-order chi connectivity index (χ0) is 27.6. The van der Waals surface area contributed by atoms with Gasteiger partial charge in [-0.15, -0.1) is 11.3 Å². The molecule has 0 aliphatic carbocycles. The molecule has 1 atom stereocenters. The van der Waals surface area contributed by atoms with E-state index in [0.29, 0.717) is 12.0 Å². The average molecular weight is 543 g/mol. The molecule has 0 spiro atoms. The Kier molecular flexibility index (Phi) is 6.84. The number of pyridine rings is 1. The summed E-state index contributed by atoms with van der Waals surface area (Å²) in [6.07, 6.45) is 4.37. The smallest absolute Gasteiger partial charge is 0.335 e. The van der Waals surface area contributed by atoms with Crippen LogP contribution in [0.2, 0.25) is 0 Å². The summed E-state index contributed by atoms with van der Waals surface area (Å²) in [5.74, 6) is -1.14. The average Bonchev–Trinajstić information content (AvgIpc) is 3.39. The molecule has 2 N–H and O–H groups in total. The first-order chi connectivity index (χ1) is 19.5. The minimum atomic E-state index is -0.976. The maximum Gasteiger partial charge on any atom is 0.335 e. The number of aromatic carboxylic acids is 1. The van der Waals surface area contributed by atoms with Gasteiger partial charge in [-0.05, 0) is 88.3 Å². The largest absolute Gasteiger partial charge is 0.478 e. The van der Waals surface area contributed by atoms with E-state index in [0.717, 1.165) is 48.7 Å². The fourth-order valence-electron chi connectivity index (χ4n) is 5.08. The fraction of sp³-hybridized carbons (Fsp3) is 0.0882. The van der Waals surface area contributed by atoms with Crippen LogP contribution in [0.5, 0.6) is 0 Å². The highest BCUT2D eigenvalue weighted by molar-refractivity contribution is 7.17. The van der Waals surface area contributed by atoms with Gasteiger partial charge in [-0.25, -0.2) is 4.79 Å². The second kappa shape index (κ2) is 10.8. The van der Waals surface area contributed by atoms with Gasteiger partial charge in [0.25, 0.3) is 5.91 Å². The van der Waals surface area contributed by atoms with Crippen LogP contribution in [0.1, 0.15) is 50.4 Å². The van der Waals surface area contributed by atoms with Gasteiger partial charge < -0.3 is 10.4 Å². The molecule has 4 aromatic carbocycles. The number of carbonyl (C=O) groups excluding carboxylic acids is 1. The molecule has 2 heterocycles. The van der Waals surface area contributed by atoms with Crippen molar-refractivity contribution in [1.82, 2.24) is 10.3 Å². The Bertz CT molecular complexity index is 1860. The molecule has 0 unspecified atom stereocenters. The molecule has 0 radical (unpaired) electrons. The number of carbonyl (C=O) groups is 2. The SMILES string of the molecule is C[C@H](NC(=O)c1cc(-c2ccccc2)cc2scc(Cc3ccc4ccncc4c3)c12)c1ccc(C(=O)O)cc1. The lowest BCUT2D eigenvalue weighted by atomic mass is 9.95. The third-order valence-corrected chi connectivity index (χ3v) is 8.19. The van der Waals surface area contributed by atoms with Crippen molar-refractivity contribution >= 4 is 44.1 Å². The summed E-state index contributed by atoms with van der Waals surface area (Å²) in [6.45, 7) is 1.91. The van der Waals surface area contributed by atoms with Crippen molar-refractivity contribution in [3.63, 3.8) is 0 Å². The van der Waals surface area contributed by atoms with Gasteiger partial charge >= 0.3 is 5.97 Å². The monoisotopic (exact) mass is 542 g/mol. The Morgan fingerprint density at radius 2 is 1.70 bits per heavy atom. The number of nitrogens with one attached hydrogen (secondary N) is 1. The van der Waals surface area contributed by atoms with Crippen LogP contribution >= 0.6 is 11.3 Å². The highest BCUT2D eigenvalue weighted by Crippen LogP contribution is 2.36. The van der Waals surface area contributed by atoms with Crippen molar-refractivity contribution in [2.45, 2.75) is 19.4 Å². The Morgan fingerprint density at radius 3 is 2.48 bits per heavy atom. The van der Waals surface area contributed by atoms with Crippen LogP contribution in [0, 0.1) is 0 Å². The first kappa shape index (κ1) is 25.5. The maximum atomic E-state index is 13.9. The second-order valence-electron chi connectivity index (χ2n) is 9.88. The Morgan fingerprint density at radius 1 is 0.900 bits per heavy atom. The number of benzene rings is 4. The number of carboxylic acids is 1. The van der Waals surface area contributed by atoms with Crippen LogP contribution < -0.4 is 5.32 Å². The summed E-state index contributed by atoms with van der Waals surface area (Å²) in [6, 6.07) is 28.9. The topological polar surface area (TPSA) is 79.3 Å². The predicted molar refractivity (Wildman–Crippen MR) is 161 cm³/mol. The van der Waals surface area contributed by atoms with E-state index in [1.165, 1.54) is 0 Å². The van der Waals surface area contributed by atoms with E-state index in [1.807, 2.05) is 55.6 Å². The molecular weight excluding hydrogens is 516 g/mol. The van der Waals surface area contributed by atoms with Crippen LogP contribution in [0.25, 0.3) is 32.0 Å². The number of carboxylic acid groups (broad SMARTS) is 1. The lowest BCUT2D eigenvalue weighted by Crippen LogP contribution is -2.27. The summed E-state index contributed by atoms with van der Waals surface area (Å²) in [5, 5.41) is 17.7. The summed E-state index contributed by atoms with van der Waals surface area (Å²) in [4.78, 5) is 29.4.